The first kappa shape index (κ1) is 11.8. The fourth-order valence-electron chi connectivity index (χ4n) is 1.27. The van der Waals surface area contributed by atoms with Crippen molar-refractivity contribution in [2.45, 2.75) is 39.1 Å². The molecule has 80 valence electrons. The molecule has 1 aromatic rings. The highest BCUT2D eigenvalue weighted by molar-refractivity contribution is 7.07. The number of halogens is 1. The van der Waals surface area contributed by atoms with Crippen LogP contribution in [0.4, 0.5) is 0 Å². The van der Waals surface area contributed by atoms with Crippen LogP contribution in [0.2, 0.25) is 0 Å². The third kappa shape index (κ3) is 2.85. The second kappa shape index (κ2) is 6.25. The van der Waals surface area contributed by atoms with Crippen LogP contribution in [-0.2, 0) is 12.4 Å². The third-order valence-electron chi connectivity index (χ3n) is 1.93. The van der Waals surface area contributed by atoms with Crippen molar-refractivity contribution in [3.05, 3.63) is 15.9 Å². The zero-order valence-electron chi connectivity index (χ0n) is 8.79. The van der Waals surface area contributed by atoms with Crippen LogP contribution in [-0.4, -0.2) is 11.1 Å². The predicted octanol–water partition coefficient (Wildman–Crippen LogP) is 3.01. The summed E-state index contributed by atoms with van der Waals surface area (Å²) in [6.45, 7) is 6.25. The number of alkyl halides is 1. The van der Waals surface area contributed by atoms with Gasteiger partial charge >= 0.3 is 0 Å². The minimum atomic E-state index is 0.581. The quantitative estimate of drug-likeness (QED) is 0.695. The minimum Gasteiger partial charge on any atom is -0.320 e. The van der Waals surface area contributed by atoms with Gasteiger partial charge in [-0.3, -0.25) is 4.99 Å². The molecule has 0 aromatic carbocycles. The lowest BCUT2D eigenvalue weighted by molar-refractivity contribution is 0.634. The van der Waals surface area contributed by atoms with Crippen molar-refractivity contribution in [1.29, 1.82) is 0 Å². The summed E-state index contributed by atoms with van der Waals surface area (Å²) in [5, 5.41) is 2.11. The molecular formula is C10H17ClN2S. The Hall–Kier alpha value is -0.280. The molecule has 0 atom stereocenters. The smallest absolute Gasteiger partial charge is 0.184 e. The summed E-state index contributed by atoms with van der Waals surface area (Å²) in [7, 11) is 0. The molecule has 2 nitrogen and oxygen atoms in total. The van der Waals surface area contributed by atoms with E-state index in [-0.39, 0.29) is 0 Å². The summed E-state index contributed by atoms with van der Waals surface area (Å²) < 4.78 is 2.23. The van der Waals surface area contributed by atoms with Gasteiger partial charge in [-0.05, 0) is 12.8 Å². The molecule has 0 fully saturated rings. The molecule has 14 heavy (non-hydrogen) atoms. The first-order valence-electron chi connectivity index (χ1n) is 5.07. The molecule has 0 aliphatic heterocycles. The van der Waals surface area contributed by atoms with Crippen LogP contribution in [0.15, 0.2) is 10.4 Å². The van der Waals surface area contributed by atoms with Crippen molar-refractivity contribution in [1.82, 2.24) is 4.57 Å². The molecule has 0 saturated carbocycles. The molecule has 1 aromatic heterocycles. The van der Waals surface area contributed by atoms with Crippen LogP contribution in [0.3, 0.4) is 0 Å². The Bertz CT molecular complexity index is 327. The average molecular weight is 233 g/mol. The first-order chi connectivity index (χ1) is 6.83. The van der Waals surface area contributed by atoms with Gasteiger partial charge in [-0.2, -0.15) is 0 Å². The van der Waals surface area contributed by atoms with Crippen molar-refractivity contribution >= 4 is 22.9 Å². The van der Waals surface area contributed by atoms with Crippen molar-refractivity contribution in [3.63, 3.8) is 0 Å². The molecule has 0 saturated heterocycles. The Morgan fingerprint density at radius 2 is 2.21 bits per heavy atom. The molecule has 0 aliphatic rings. The second-order valence-electron chi connectivity index (χ2n) is 3.18. The van der Waals surface area contributed by atoms with Crippen LogP contribution in [0, 0.1) is 0 Å². The van der Waals surface area contributed by atoms with E-state index in [9.17, 15) is 0 Å². The Morgan fingerprint density at radius 1 is 1.43 bits per heavy atom. The van der Waals surface area contributed by atoms with Crippen LogP contribution < -0.4 is 4.80 Å². The van der Waals surface area contributed by atoms with E-state index in [1.807, 2.05) is 0 Å². The summed E-state index contributed by atoms with van der Waals surface area (Å²) in [4.78, 5) is 5.65. The highest BCUT2D eigenvalue weighted by atomic mass is 35.5. The van der Waals surface area contributed by atoms with Crippen LogP contribution >= 0.6 is 22.9 Å². The maximum absolute atomic E-state index is 5.86. The number of hydrogen-bond donors (Lipinski definition) is 0. The number of aromatic nitrogens is 1. The summed E-state index contributed by atoms with van der Waals surface area (Å²) >= 11 is 7.55. The maximum atomic E-state index is 5.86. The van der Waals surface area contributed by atoms with Crippen molar-refractivity contribution in [2.24, 2.45) is 4.99 Å². The molecule has 0 bridgehead atoms. The van der Waals surface area contributed by atoms with Crippen LogP contribution in [0.1, 0.15) is 32.4 Å². The van der Waals surface area contributed by atoms with E-state index < -0.39 is 0 Å². The van der Waals surface area contributed by atoms with Gasteiger partial charge in [0.05, 0.1) is 5.88 Å². The van der Waals surface area contributed by atoms with E-state index in [1.54, 1.807) is 11.3 Å². The Kier molecular flexibility index (Phi) is 5.26. The van der Waals surface area contributed by atoms with Crippen molar-refractivity contribution in [2.75, 3.05) is 6.54 Å². The van der Waals surface area contributed by atoms with Gasteiger partial charge < -0.3 is 4.57 Å². The lowest BCUT2D eigenvalue weighted by Crippen LogP contribution is -2.17. The van der Waals surface area contributed by atoms with Crippen LogP contribution in [0.25, 0.3) is 0 Å². The number of nitrogens with zero attached hydrogens (tertiary/aromatic N) is 2. The molecular weight excluding hydrogens is 216 g/mol. The molecule has 0 aliphatic carbocycles. The fourth-order valence-corrected chi connectivity index (χ4v) is 2.53. The molecule has 0 spiro atoms. The lowest BCUT2D eigenvalue weighted by atomic mass is 10.4. The van der Waals surface area contributed by atoms with Gasteiger partial charge in [0.1, 0.15) is 0 Å². The number of thiazole rings is 1. The summed E-state index contributed by atoms with van der Waals surface area (Å²) in [5.41, 5.74) is 1.19. The third-order valence-corrected chi connectivity index (χ3v) is 3.16. The van der Waals surface area contributed by atoms with Gasteiger partial charge in [0, 0.05) is 24.2 Å². The van der Waals surface area contributed by atoms with Gasteiger partial charge in [0.2, 0.25) is 0 Å². The zero-order valence-corrected chi connectivity index (χ0v) is 10.4. The van der Waals surface area contributed by atoms with Crippen molar-refractivity contribution < 1.29 is 0 Å². The number of hydrogen-bond acceptors (Lipinski definition) is 2. The lowest BCUT2D eigenvalue weighted by Gasteiger charge is -2.03. The van der Waals surface area contributed by atoms with Gasteiger partial charge in [-0.15, -0.1) is 22.9 Å². The highest BCUT2D eigenvalue weighted by Crippen LogP contribution is 2.06. The Labute approximate surface area is 94.3 Å². The Balaban J connectivity index is 2.97. The van der Waals surface area contributed by atoms with Gasteiger partial charge in [0.25, 0.3) is 0 Å². The average Bonchev–Trinajstić information content (AvgIpc) is 2.58. The normalized spacial score (nSPS) is 12.4. The molecule has 1 rings (SSSR count). The predicted molar refractivity (Wildman–Crippen MR) is 62.9 cm³/mol. The summed E-state index contributed by atoms with van der Waals surface area (Å²) in [6.07, 6.45) is 2.22. The minimum absolute atomic E-state index is 0.581. The van der Waals surface area contributed by atoms with Gasteiger partial charge in [-0.25, -0.2) is 0 Å². The Morgan fingerprint density at radius 3 is 2.79 bits per heavy atom. The largest absolute Gasteiger partial charge is 0.320 e. The standard InChI is InChI=1S/C10H17ClN2S/c1-3-5-12-10-13(6-4-2)9(7-11)8-14-10/h8H,3-7H2,1-2H3. The van der Waals surface area contributed by atoms with E-state index >= 15 is 0 Å². The van der Waals surface area contributed by atoms with Gasteiger partial charge in [-0.1, -0.05) is 13.8 Å². The molecule has 0 N–H and O–H groups in total. The summed E-state index contributed by atoms with van der Waals surface area (Å²) in [5.74, 6) is 0.581. The zero-order chi connectivity index (χ0) is 10.4. The SMILES string of the molecule is CCCN=c1scc(CCl)n1CCC. The first-order valence-corrected chi connectivity index (χ1v) is 6.48. The van der Waals surface area contributed by atoms with E-state index in [4.69, 9.17) is 11.6 Å². The van der Waals surface area contributed by atoms with Gasteiger partial charge in [0.15, 0.2) is 4.80 Å². The molecule has 0 unspecified atom stereocenters. The molecule has 0 amide bonds. The topological polar surface area (TPSA) is 17.3 Å². The number of rotatable bonds is 5. The van der Waals surface area contributed by atoms with E-state index in [2.05, 4.69) is 28.8 Å². The van der Waals surface area contributed by atoms with Crippen molar-refractivity contribution in [3.8, 4) is 0 Å². The maximum Gasteiger partial charge on any atom is 0.184 e. The fraction of sp³-hybridized carbons (Fsp3) is 0.700. The second-order valence-corrected chi connectivity index (χ2v) is 4.28. The molecule has 4 heteroatoms. The monoisotopic (exact) mass is 232 g/mol. The van der Waals surface area contributed by atoms with E-state index in [1.165, 1.54) is 5.69 Å². The summed E-state index contributed by atoms with van der Waals surface area (Å²) in [6, 6.07) is 0. The highest BCUT2D eigenvalue weighted by Gasteiger charge is 2.02. The van der Waals surface area contributed by atoms with E-state index in [0.717, 1.165) is 30.7 Å². The molecule has 1 heterocycles. The van der Waals surface area contributed by atoms with E-state index in [0.29, 0.717) is 5.88 Å². The van der Waals surface area contributed by atoms with Crippen LogP contribution in [0.5, 0.6) is 0 Å². The molecule has 0 radical (unpaired) electrons.